The average molecular weight is 210 g/mol. The van der Waals surface area contributed by atoms with Gasteiger partial charge in [-0.05, 0) is 17.7 Å². The molecule has 2 nitrogen and oxygen atoms in total. The van der Waals surface area contributed by atoms with Gasteiger partial charge in [-0.2, -0.15) is 12.6 Å². The Morgan fingerprint density at radius 1 is 1.21 bits per heavy atom. The zero-order valence-electron chi connectivity index (χ0n) is 8.36. The second kappa shape index (κ2) is 5.60. The molecular formula is C11H14O2S. The fourth-order valence-electron chi connectivity index (χ4n) is 1.15. The van der Waals surface area contributed by atoms with E-state index in [1.807, 2.05) is 30.4 Å². The van der Waals surface area contributed by atoms with Crippen LogP contribution in [0.25, 0.3) is 6.08 Å². The van der Waals surface area contributed by atoms with Crippen molar-refractivity contribution in [1.82, 2.24) is 0 Å². The van der Waals surface area contributed by atoms with E-state index in [1.54, 1.807) is 14.2 Å². The number of ether oxygens (including phenoxy) is 2. The van der Waals surface area contributed by atoms with Crippen LogP contribution in [0.5, 0.6) is 11.5 Å². The smallest absolute Gasteiger partial charge is 0.161 e. The molecule has 0 heterocycles. The number of thiol groups is 1. The van der Waals surface area contributed by atoms with Crippen molar-refractivity contribution in [2.75, 3.05) is 20.0 Å². The second-order valence-corrected chi connectivity index (χ2v) is 3.06. The first-order valence-corrected chi connectivity index (χ1v) is 4.94. The summed E-state index contributed by atoms with van der Waals surface area (Å²) in [7, 11) is 3.26. The van der Waals surface area contributed by atoms with Gasteiger partial charge in [-0.25, -0.2) is 0 Å². The van der Waals surface area contributed by atoms with Crippen LogP contribution in [-0.2, 0) is 0 Å². The lowest BCUT2D eigenvalue weighted by Gasteiger charge is -2.07. The number of hydrogen-bond acceptors (Lipinski definition) is 3. The Morgan fingerprint density at radius 3 is 2.50 bits per heavy atom. The first-order chi connectivity index (χ1) is 6.81. The maximum Gasteiger partial charge on any atom is 0.161 e. The Hall–Kier alpha value is -1.09. The second-order valence-electron chi connectivity index (χ2n) is 2.70. The Kier molecular flexibility index (Phi) is 4.40. The third-order valence-corrected chi connectivity index (χ3v) is 2.03. The van der Waals surface area contributed by atoms with E-state index in [1.165, 1.54) is 0 Å². The summed E-state index contributed by atoms with van der Waals surface area (Å²) in [6.07, 6.45) is 3.97. The largest absolute Gasteiger partial charge is 0.493 e. The van der Waals surface area contributed by atoms with Gasteiger partial charge in [-0.15, -0.1) is 0 Å². The Bertz CT molecular complexity index is 321. The van der Waals surface area contributed by atoms with E-state index < -0.39 is 0 Å². The van der Waals surface area contributed by atoms with Gasteiger partial charge in [0.1, 0.15) is 0 Å². The highest BCUT2D eigenvalue weighted by atomic mass is 32.1. The zero-order chi connectivity index (χ0) is 10.4. The van der Waals surface area contributed by atoms with Crippen LogP contribution in [0, 0.1) is 0 Å². The van der Waals surface area contributed by atoms with Gasteiger partial charge in [-0.1, -0.05) is 18.2 Å². The lowest BCUT2D eigenvalue weighted by Crippen LogP contribution is -1.90. The molecule has 14 heavy (non-hydrogen) atoms. The highest BCUT2D eigenvalue weighted by Gasteiger charge is 2.01. The van der Waals surface area contributed by atoms with Crippen LogP contribution in [-0.4, -0.2) is 20.0 Å². The first kappa shape index (κ1) is 11.0. The van der Waals surface area contributed by atoms with Gasteiger partial charge in [0.05, 0.1) is 14.2 Å². The first-order valence-electron chi connectivity index (χ1n) is 4.31. The number of rotatable bonds is 4. The Balaban J connectivity index is 2.95. The summed E-state index contributed by atoms with van der Waals surface area (Å²) < 4.78 is 10.3. The molecule has 1 aromatic rings. The maximum absolute atomic E-state index is 5.18. The predicted molar refractivity (Wildman–Crippen MR) is 62.4 cm³/mol. The van der Waals surface area contributed by atoms with Crippen molar-refractivity contribution >= 4 is 18.7 Å². The summed E-state index contributed by atoms with van der Waals surface area (Å²) >= 11 is 4.10. The van der Waals surface area contributed by atoms with E-state index in [4.69, 9.17) is 9.47 Å². The normalized spacial score (nSPS) is 10.5. The summed E-state index contributed by atoms with van der Waals surface area (Å²) in [5, 5.41) is 0. The number of hydrogen-bond donors (Lipinski definition) is 1. The zero-order valence-corrected chi connectivity index (χ0v) is 9.25. The van der Waals surface area contributed by atoms with Crippen LogP contribution in [0.1, 0.15) is 5.56 Å². The minimum Gasteiger partial charge on any atom is -0.493 e. The molecule has 0 saturated carbocycles. The Morgan fingerprint density at radius 2 is 1.93 bits per heavy atom. The highest BCUT2D eigenvalue weighted by Crippen LogP contribution is 2.27. The van der Waals surface area contributed by atoms with Crippen LogP contribution in [0.2, 0.25) is 0 Å². The molecule has 0 radical (unpaired) electrons. The number of methoxy groups -OCH3 is 2. The molecule has 0 unspecified atom stereocenters. The standard InChI is InChI=1S/C11H14O2S/c1-12-10-6-5-9(4-3-7-14)8-11(10)13-2/h3-6,8,14H,7H2,1-2H3. The van der Waals surface area contributed by atoms with Crippen molar-refractivity contribution in [3.8, 4) is 11.5 Å². The van der Waals surface area contributed by atoms with Crippen molar-refractivity contribution in [2.45, 2.75) is 0 Å². The van der Waals surface area contributed by atoms with E-state index in [-0.39, 0.29) is 0 Å². The molecule has 1 aromatic carbocycles. The maximum atomic E-state index is 5.18. The van der Waals surface area contributed by atoms with Crippen LogP contribution in [0.3, 0.4) is 0 Å². The fraction of sp³-hybridized carbons (Fsp3) is 0.273. The van der Waals surface area contributed by atoms with E-state index >= 15 is 0 Å². The van der Waals surface area contributed by atoms with Crippen LogP contribution >= 0.6 is 12.6 Å². The van der Waals surface area contributed by atoms with Gasteiger partial charge < -0.3 is 9.47 Å². The van der Waals surface area contributed by atoms with Crippen molar-refractivity contribution in [1.29, 1.82) is 0 Å². The lowest BCUT2D eigenvalue weighted by atomic mass is 10.2. The van der Waals surface area contributed by atoms with Gasteiger partial charge in [0.15, 0.2) is 11.5 Å². The molecule has 0 atom stereocenters. The van der Waals surface area contributed by atoms with Crippen molar-refractivity contribution in [3.63, 3.8) is 0 Å². The van der Waals surface area contributed by atoms with E-state index in [0.29, 0.717) is 0 Å². The summed E-state index contributed by atoms with van der Waals surface area (Å²) in [4.78, 5) is 0. The summed E-state index contributed by atoms with van der Waals surface area (Å²) in [6.45, 7) is 0. The molecule has 0 aliphatic carbocycles. The van der Waals surface area contributed by atoms with Gasteiger partial charge in [0, 0.05) is 5.75 Å². The Labute approximate surface area is 89.9 Å². The molecule has 0 aliphatic heterocycles. The van der Waals surface area contributed by atoms with Gasteiger partial charge >= 0.3 is 0 Å². The molecule has 0 bridgehead atoms. The SMILES string of the molecule is COc1ccc(C=CCS)cc1OC. The highest BCUT2D eigenvalue weighted by molar-refractivity contribution is 7.80. The molecule has 0 N–H and O–H groups in total. The monoisotopic (exact) mass is 210 g/mol. The number of benzene rings is 1. The molecule has 3 heteroatoms. The van der Waals surface area contributed by atoms with Crippen LogP contribution < -0.4 is 9.47 Å². The van der Waals surface area contributed by atoms with Gasteiger partial charge in [0.25, 0.3) is 0 Å². The predicted octanol–water partition coefficient (Wildman–Crippen LogP) is 2.65. The third kappa shape index (κ3) is 2.70. The molecule has 1 rings (SSSR count). The molecule has 0 spiro atoms. The fourth-order valence-corrected chi connectivity index (χ4v) is 1.25. The van der Waals surface area contributed by atoms with Crippen molar-refractivity contribution in [2.24, 2.45) is 0 Å². The molecule has 0 amide bonds. The average Bonchev–Trinajstić information content (AvgIpc) is 2.25. The summed E-state index contributed by atoms with van der Waals surface area (Å²) in [6, 6.07) is 5.79. The molecule has 0 saturated heterocycles. The quantitative estimate of drug-likeness (QED) is 0.770. The molecule has 76 valence electrons. The van der Waals surface area contributed by atoms with E-state index in [0.717, 1.165) is 22.8 Å². The van der Waals surface area contributed by atoms with E-state index in [2.05, 4.69) is 12.6 Å². The van der Waals surface area contributed by atoms with Gasteiger partial charge in [-0.3, -0.25) is 0 Å². The molecular weight excluding hydrogens is 196 g/mol. The van der Waals surface area contributed by atoms with Crippen LogP contribution in [0.15, 0.2) is 24.3 Å². The van der Waals surface area contributed by atoms with Crippen molar-refractivity contribution in [3.05, 3.63) is 29.8 Å². The topological polar surface area (TPSA) is 18.5 Å². The van der Waals surface area contributed by atoms with Crippen molar-refractivity contribution < 1.29 is 9.47 Å². The lowest BCUT2D eigenvalue weighted by molar-refractivity contribution is 0.355. The van der Waals surface area contributed by atoms with E-state index in [9.17, 15) is 0 Å². The minimum absolute atomic E-state index is 0.731. The summed E-state index contributed by atoms with van der Waals surface area (Å²) in [5.74, 6) is 2.22. The van der Waals surface area contributed by atoms with Crippen LogP contribution in [0.4, 0.5) is 0 Å². The molecule has 0 aliphatic rings. The summed E-state index contributed by atoms with van der Waals surface area (Å²) in [5.41, 5.74) is 1.08. The molecule has 0 fully saturated rings. The molecule has 0 aromatic heterocycles. The van der Waals surface area contributed by atoms with Gasteiger partial charge in [0.2, 0.25) is 0 Å². The third-order valence-electron chi connectivity index (χ3n) is 1.82. The minimum atomic E-state index is 0.731.